The monoisotopic (exact) mass is 291 g/mol. The largest absolute Gasteiger partial charge is 0.399 e. The second-order valence-electron chi connectivity index (χ2n) is 6.48. The van der Waals surface area contributed by atoms with Gasteiger partial charge in [-0.25, -0.2) is 0 Å². The lowest BCUT2D eigenvalue weighted by atomic mass is 9.64. The Balaban J connectivity index is 2.24. The SMILES string of the molecule is COC1CC(Nc2cc(N)ccc2C(=O)N(C)C)C1(C)C. The second-order valence-corrected chi connectivity index (χ2v) is 6.48. The van der Waals surface area contributed by atoms with E-state index in [0.717, 1.165) is 12.1 Å². The summed E-state index contributed by atoms with van der Waals surface area (Å²) in [4.78, 5) is 13.8. The zero-order valence-corrected chi connectivity index (χ0v) is 13.4. The standard InChI is InChI=1S/C16H25N3O2/c1-16(2)13(9-14(16)21-5)18-12-8-10(17)6-7-11(12)15(20)19(3)4/h6-8,13-14,18H,9,17H2,1-5H3. The first-order chi connectivity index (χ1) is 9.77. The zero-order chi connectivity index (χ0) is 15.8. The van der Waals surface area contributed by atoms with Crippen LogP contribution in [0.4, 0.5) is 11.4 Å². The van der Waals surface area contributed by atoms with Crippen molar-refractivity contribution in [1.82, 2.24) is 4.90 Å². The molecule has 1 aromatic rings. The molecule has 0 spiro atoms. The fourth-order valence-corrected chi connectivity index (χ4v) is 2.83. The lowest BCUT2D eigenvalue weighted by Crippen LogP contribution is -2.57. The lowest BCUT2D eigenvalue weighted by molar-refractivity contribution is -0.0794. The first-order valence-electron chi connectivity index (χ1n) is 7.18. The molecule has 2 rings (SSSR count). The van der Waals surface area contributed by atoms with E-state index in [2.05, 4.69) is 19.2 Å². The van der Waals surface area contributed by atoms with Crippen LogP contribution in [0.1, 0.15) is 30.6 Å². The molecule has 0 radical (unpaired) electrons. The highest BCUT2D eigenvalue weighted by atomic mass is 16.5. The highest BCUT2D eigenvalue weighted by Crippen LogP contribution is 2.44. The Kier molecular flexibility index (Phi) is 4.14. The Labute approximate surface area is 126 Å². The molecule has 1 aliphatic rings. The minimum absolute atomic E-state index is 0.0256. The fraction of sp³-hybridized carbons (Fsp3) is 0.562. The van der Waals surface area contributed by atoms with Crippen LogP contribution in [0, 0.1) is 5.41 Å². The Morgan fingerprint density at radius 1 is 1.43 bits per heavy atom. The summed E-state index contributed by atoms with van der Waals surface area (Å²) in [5, 5.41) is 3.47. The number of nitrogens with zero attached hydrogens (tertiary/aromatic N) is 1. The third-order valence-corrected chi connectivity index (χ3v) is 4.47. The van der Waals surface area contributed by atoms with Crippen LogP contribution in [0.15, 0.2) is 18.2 Å². The molecule has 5 nitrogen and oxygen atoms in total. The van der Waals surface area contributed by atoms with Crippen molar-refractivity contribution < 1.29 is 9.53 Å². The Bertz CT molecular complexity index is 540. The summed E-state index contributed by atoms with van der Waals surface area (Å²) in [6.07, 6.45) is 1.16. The van der Waals surface area contributed by atoms with Crippen LogP contribution >= 0.6 is 0 Å². The molecule has 0 aromatic heterocycles. The summed E-state index contributed by atoms with van der Waals surface area (Å²) in [5.74, 6) is -0.0297. The van der Waals surface area contributed by atoms with Crippen molar-refractivity contribution in [2.45, 2.75) is 32.4 Å². The third-order valence-electron chi connectivity index (χ3n) is 4.47. The Hall–Kier alpha value is -1.75. The molecule has 0 saturated heterocycles. The van der Waals surface area contributed by atoms with Gasteiger partial charge in [0.05, 0.1) is 11.7 Å². The van der Waals surface area contributed by atoms with Crippen molar-refractivity contribution in [3.8, 4) is 0 Å². The molecule has 1 amide bonds. The average Bonchev–Trinajstić information content (AvgIpc) is 2.42. The van der Waals surface area contributed by atoms with Crippen LogP contribution in [-0.4, -0.2) is 44.2 Å². The summed E-state index contributed by atoms with van der Waals surface area (Å²) >= 11 is 0. The van der Waals surface area contributed by atoms with Gasteiger partial charge < -0.3 is 20.7 Å². The number of hydrogen-bond acceptors (Lipinski definition) is 4. The van der Waals surface area contributed by atoms with Crippen LogP contribution in [0.2, 0.25) is 0 Å². The third kappa shape index (κ3) is 2.83. The van der Waals surface area contributed by atoms with Gasteiger partial charge in [-0.3, -0.25) is 4.79 Å². The van der Waals surface area contributed by atoms with Crippen molar-refractivity contribution in [3.05, 3.63) is 23.8 Å². The normalized spacial score (nSPS) is 23.3. The number of methoxy groups -OCH3 is 1. The van der Waals surface area contributed by atoms with Gasteiger partial charge in [-0.05, 0) is 24.6 Å². The van der Waals surface area contributed by atoms with E-state index >= 15 is 0 Å². The summed E-state index contributed by atoms with van der Waals surface area (Å²) in [7, 11) is 5.23. The number of nitrogens with two attached hydrogens (primary N) is 1. The topological polar surface area (TPSA) is 67.6 Å². The molecule has 0 bridgehead atoms. The lowest BCUT2D eigenvalue weighted by Gasteiger charge is -2.51. The molecule has 1 fully saturated rings. The predicted octanol–water partition coefficient (Wildman–Crippen LogP) is 2.20. The Morgan fingerprint density at radius 3 is 2.62 bits per heavy atom. The molecule has 21 heavy (non-hydrogen) atoms. The highest BCUT2D eigenvalue weighted by molar-refractivity contribution is 6.00. The first kappa shape index (κ1) is 15.6. The molecule has 0 heterocycles. The van der Waals surface area contributed by atoms with E-state index in [0.29, 0.717) is 11.3 Å². The minimum Gasteiger partial charge on any atom is -0.399 e. The van der Waals surface area contributed by atoms with Crippen LogP contribution in [-0.2, 0) is 4.74 Å². The van der Waals surface area contributed by atoms with Gasteiger partial charge in [-0.15, -0.1) is 0 Å². The van der Waals surface area contributed by atoms with Crippen molar-refractivity contribution >= 4 is 17.3 Å². The van der Waals surface area contributed by atoms with Gasteiger partial charge in [0.2, 0.25) is 0 Å². The second kappa shape index (κ2) is 5.56. The molecule has 0 aliphatic heterocycles. The maximum Gasteiger partial charge on any atom is 0.255 e. The number of carbonyl (C=O) groups is 1. The number of hydrogen-bond donors (Lipinski definition) is 2. The molecule has 1 aromatic carbocycles. The first-order valence-corrected chi connectivity index (χ1v) is 7.18. The molecule has 2 unspecified atom stereocenters. The van der Waals surface area contributed by atoms with E-state index in [1.165, 1.54) is 0 Å². The van der Waals surface area contributed by atoms with Gasteiger partial charge in [0, 0.05) is 44.0 Å². The smallest absolute Gasteiger partial charge is 0.255 e. The fourth-order valence-electron chi connectivity index (χ4n) is 2.83. The van der Waals surface area contributed by atoms with Crippen molar-refractivity contribution in [1.29, 1.82) is 0 Å². The summed E-state index contributed by atoms with van der Waals surface area (Å²) in [6, 6.07) is 5.62. The number of carbonyl (C=O) groups excluding carboxylic acids is 1. The van der Waals surface area contributed by atoms with Crippen molar-refractivity contribution in [2.24, 2.45) is 5.41 Å². The van der Waals surface area contributed by atoms with Crippen molar-refractivity contribution in [2.75, 3.05) is 32.3 Å². The number of ether oxygens (including phenoxy) is 1. The molecule has 2 atom stereocenters. The molecule has 116 valence electrons. The minimum atomic E-state index is -0.0297. The van der Waals surface area contributed by atoms with Gasteiger partial charge in [0.1, 0.15) is 0 Å². The number of nitrogen functional groups attached to an aromatic ring is 1. The van der Waals surface area contributed by atoms with Gasteiger partial charge in [0.15, 0.2) is 0 Å². The van der Waals surface area contributed by atoms with Crippen molar-refractivity contribution in [3.63, 3.8) is 0 Å². The van der Waals surface area contributed by atoms with Crippen LogP contribution in [0.25, 0.3) is 0 Å². The maximum absolute atomic E-state index is 12.3. The van der Waals surface area contributed by atoms with E-state index in [-0.39, 0.29) is 23.5 Å². The molecule has 1 aliphatic carbocycles. The number of amides is 1. The van der Waals surface area contributed by atoms with Gasteiger partial charge in [0.25, 0.3) is 5.91 Å². The number of benzene rings is 1. The average molecular weight is 291 g/mol. The van der Waals surface area contributed by atoms with E-state index < -0.39 is 0 Å². The maximum atomic E-state index is 12.3. The number of rotatable bonds is 4. The van der Waals surface area contributed by atoms with Crippen LogP contribution in [0.3, 0.4) is 0 Å². The number of nitrogens with one attached hydrogen (secondary N) is 1. The quantitative estimate of drug-likeness (QED) is 0.835. The van der Waals surface area contributed by atoms with Gasteiger partial charge >= 0.3 is 0 Å². The van der Waals surface area contributed by atoms with Crippen LogP contribution in [0.5, 0.6) is 0 Å². The predicted molar refractivity (Wildman–Crippen MR) is 85.5 cm³/mol. The summed E-state index contributed by atoms with van der Waals surface area (Å²) in [6.45, 7) is 4.34. The molecule has 3 N–H and O–H groups in total. The van der Waals surface area contributed by atoms with E-state index in [4.69, 9.17) is 10.5 Å². The summed E-state index contributed by atoms with van der Waals surface area (Å²) in [5.41, 5.74) is 7.98. The molecule has 1 saturated carbocycles. The van der Waals surface area contributed by atoms with E-state index in [9.17, 15) is 4.79 Å². The Morgan fingerprint density at radius 2 is 2.10 bits per heavy atom. The molecular formula is C16H25N3O2. The van der Waals surface area contributed by atoms with E-state index in [1.807, 2.05) is 6.07 Å². The van der Waals surface area contributed by atoms with E-state index in [1.54, 1.807) is 38.2 Å². The zero-order valence-electron chi connectivity index (χ0n) is 13.4. The highest BCUT2D eigenvalue weighted by Gasteiger charge is 2.48. The van der Waals surface area contributed by atoms with Gasteiger partial charge in [-0.1, -0.05) is 13.8 Å². The van der Waals surface area contributed by atoms with Gasteiger partial charge in [-0.2, -0.15) is 0 Å². The molecule has 5 heteroatoms. The molecular weight excluding hydrogens is 266 g/mol. The number of anilines is 2. The summed E-state index contributed by atoms with van der Waals surface area (Å²) < 4.78 is 5.47. The van der Waals surface area contributed by atoms with Crippen LogP contribution < -0.4 is 11.1 Å².